The van der Waals surface area contributed by atoms with Crippen LogP contribution in [0, 0.1) is 0 Å². The summed E-state index contributed by atoms with van der Waals surface area (Å²) in [5.41, 5.74) is 0. The fourth-order valence-electron chi connectivity index (χ4n) is 0.839. The first-order chi connectivity index (χ1) is 5.35. The third-order valence-electron chi connectivity index (χ3n) is 1.61. The summed E-state index contributed by atoms with van der Waals surface area (Å²) in [5.74, 6) is 0. The van der Waals surface area contributed by atoms with Crippen molar-refractivity contribution < 1.29 is 4.79 Å². The summed E-state index contributed by atoms with van der Waals surface area (Å²) in [6, 6.07) is 0. The lowest BCUT2D eigenvalue weighted by molar-refractivity contribution is 0.292. The van der Waals surface area contributed by atoms with Gasteiger partial charge in [-0.25, -0.2) is 4.79 Å². The van der Waals surface area contributed by atoms with Crippen molar-refractivity contribution >= 4 is 6.08 Å². The van der Waals surface area contributed by atoms with Crippen molar-refractivity contribution in [1.29, 1.82) is 0 Å². The van der Waals surface area contributed by atoms with Crippen LogP contribution in [-0.4, -0.2) is 30.7 Å². The molecule has 0 rings (SSSR count). The largest absolute Gasteiger partial charge is 0.284 e. The van der Waals surface area contributed by atoms with E-state index in [9.17, 15) is 4.79 Å². The van der Waals surface area contributed by atoms with Crippen LogP contribution in [0.3, 0.4) is 0 Å². The van der Waals surface area contributed by atoms with Crippen LogP contribution >= 0.6 is 0 Å². The van der Waals surface area contributed by atoms with Gasteiger partial charge in [0.1, 0.15) is 6.67 Å². The lowest BCUT2D eigenvalue weighted by Gasteiger charge is -2.15. The van der Waals surface area contributed by atoms with Crippen molar-refractivity contribution in [1.82, 2.24) is 4.90 Å². The minimum atomic E-state index is 0.500. The minimum Gasteiger partial charge on any atom is -0.284 e. The summed E-state index contributed by atoms with van der Waals surface area (Å²) < 4.78 is 0. The van der Waals surface area contributed by atoms with Gasteiger partial charge in [-0.2, -0.15) is 4.99 Å². The van der Waals surface area contributed by atoms with Crippen molar-refractivity contribution in [3.63, 3.8) is 0 Å². The molecule has 0 aromatic rings. The van der Waals surface area contributed by atoms with Gasteiger partial charge in [0.2, 0.25) is 6.08 Å². The molecule has 0 aromatic carbocycles. The van der Waals surface area contributed by atoms with Crippen molar-refractivity contribution in [3.8, 4) is 0 Å². The normalized spacial score (nSPS) is 9.73. The molecule has 0 saturated carbocycles. The van der Waals surface area contributed by atoms with E-state index in [0.29, 0.717) is 6.67 Å². The average Bonchev–Trinajstić information content (AvgIpc) is 2.05. The zero-order chi connectivity index (χ0) is 8.53. The highest BCUT2D eigenvalue weighted by Gasteiger charge is 1.97. The molecule has 0 atom stereocenters. The van der Waals surface area contributed by atoms with E-state index in [1.165, 1.54) is 12.8 Å². The monoisotopic (exact) mass is 156 g/mol. The Morgan fingerprint density at radius 1 is 1.45 bits per heavy atom. The van der Waals surface area contributed by atoms with E-state index < -0.39 is 0 Å². The minimum absolute atomic E-state index is 0.500. The summed E-state index contributed by atoms with van der Waals surface area (Å²) >= 11 is 0. The molecule has 0 saturated heterocycles. The van der Waals surface area contributed by atoms with E-state index in [0.717, 1.165) is 13.1 Å². The van der Waals surface area contributed by atoms with E-state index in [-0.39, 0.29) is 0 Å². The molecule has 0 N–H and O–H groups in total. The van der Waals surface area contributed by atoms with Gasteiger partial charge in [-0.15, -0.1) is 0 Å². The number of unbranched alkanes of at least 4 members (excludes halogenated alkanes) is 1. The standard InChI is InChI=1S/C8H16N2O/c1-3-5-6-10(4-2)7-9-8-11/h3-7H2,1-2H3. The van der Waals surface area contributed by atoms with Crippen LogP contribution < -0.4 is 0 Å². The van der Waals surface area contributed by atoms with Crippen LogP contribution in [0.1, 0.15) is 26.7 Å². The van der Waals surface area contributed by atoms with Gasteiger partial charge < -0.3 is 0 Å². The second kappa shape index (κ2) is 7.45. The third kappa shape index (κ3) is 5.77. The van der Waals surface area contributed by atoms with E-state index >= 15 is 0 Å². The van der Waals surface area contributed by atoms with Crippen molar-refractivity contribution in [3.05, 3.63) is 0 Å². The molecule has 3 heteroatoms. The number of isocyanates is 1. The first kappa shape index (κ1) is 10.3. The predicted octanol–water partition coefficient (Wildman–Crippen LogP) is 1.40. The zero-order valence-corrected chi connectivity index (χ0v) is 7.34. The number of carbonyl (C=O) groups excluding carboxylic acids is 1. The van der Waals surface area contributed by atoms with Gasteiger partial charge >= 0.3 is 0 Å². The molecule has 0 spiro atoms. The molecule has 0 aliphatic rings. The molecule has 0 aliphatic carbocycles. The number of hydrogen-bond donors (Lipinski definition) is 0. The van der Waals surface area contributed by atoms with Gasteiger partial charge in [-0.3, -0.25) is 4.90 Å². The Morgan fingerprint density at radius 3 is 2.64 bits per heavy atom. The molecule has 0 aromatic heterocycles. The third-order valence-corrected chi connectivity index (χ3v) is 1.61. The smallest absolute Gasteiger partial charge is 0.236 e. The van der Waals surface area contributed by atoms with Crippen molar-refractivity contribution in [2.24, 2.45) is 4.99 Å². The molecule has 0 radical (unpaired) electrons. The topological polar surface area (TPSA) is 32.7 Å². The van der Waals surface area contributed by atoms with Gasteiger partial charge in [0.15, 0.2) is 0 Å². The fourth-order valence-corrected chi connectivity index (χ4v) is 0.839. The predicted molar refractivity (Wildman–Crippen MR) is 45.1 cm³/mol. The van der Waals surface area contributed by atoms with Gasteiger partial charge in [0, 0.05) is 0 Å². The Hall–Kier alpha value is -0.660. The first-order valence-corrected chi connectivity index (χ1v) is 4.11. The molecule has 3 nitrogen and oxygen atoms in total. The maximum Gasteiger partial charge on any atom is 0.236 e. The van der Waals surface area contributed by atoms with Crippen LogP contribution in [0.15, 0.2) is 4.99 Å². The molecule has 11 heavy (non-hydrogen) atoms. The molecular weight excluding hydrogens is 140 g/mol. The Labute approximate surface area is 68.1 Å². The maximum atomic E-state index is 9.78. The number of aliphatic imine (C=N–C) groups is 1. The van der Waals surface area contributed by atoms with E-state index in [1.807, 2.05) is 0 Å². The summed E-state index contributed by atoms with van der Waals surface area (Å²) in [4.78, 5) is 15.4. The van der Waals surface area contributed by atoms with Gasteiger partial charge in [0.05, 0.1) is 0 Å². The highest BCUT2D eigenvalue weighted by molar-refractivity contribution is 5.32. The quantitative estimate of drug-likeness (QED) is 0.430. The fraction of sp³-hybridized carbons (Fsp3) is 0.875. The molecular formula is C8H16N2O. The highest BCUT2D eigenvalue weighted by Crippen LogP contribution is 1.93. The van der Waals surface area contributed by atoms with Crippen LogP contribution in [-0.2, 0) is 4.79 Å². The van der Waals surface area contributed by atoms with Gasteiger partial charge in [-0.05, 0) is 19.5 Å². The van der Waals surface area contributed by atoms with E-state index in [4.69, 9.17) is 0 Å². The molecule has 64 valence electrons. The molecule has 0 bridgehead atoms. The number of nitrogens with zero attached hydrogens (tertiary/aromatic N) is 2. The summed E-state index contributed by atoms with van der Waals surface area (Å²) in [6.07, 6.45) is 3.89. The van der Waals surface area contributed by atoms with Crippen LogP contribution in [0.25, 0.3) is 0 Å². The molecule has 0 amide bonds. The number of hydrogen-bond acceptors (Lipinski definition) is 3. The van der Waals surface area contributed by atoms with Crippen molar-refractivity contribution in [2.45, 2.75) is 26.7 Å². The van der Waals surface area contributed by atoms with Gasteiger partial charge in [0.25, 0.3) is 0 Å². The average molecular weight is 156 g/mol. The first-order valence-electron chi connectivity index (χ1n) is 4.11. The Kier molecular flexibility index (Phi) is 7.00. The number of rotatable bonds is 6. The molecule has 0 aliphatic heterocycles. The second-order valence-corrected chi connectivity index (χ2v) is 2.46. The highest BCUT2D eigenvalue weighted by atomic mass is 16.1. The molecule has 0 unspecified atom stereocenters. The van der Waals surface area contributed by atoms with Crippen LogP contribution in [0.5, 0.6) is 0 Å². The second-order valence-electron chi connectivity index (χ2n) is 2.46. The Bertz CT molecular complexity index is 130. The maximum absolute atomic E-state index is 9.78. The summed E-state index contributed by atoms with van der Waals surface area (Å²) in [6.45, 7) is 6.69. The zero-order valence-electron chi connectivity index (χ0n) is 7.34. The van der Waals surface area contributed by atoms with E-state index in [2.05, 4.69) is 23.7 Å². The summed E-state index contributed by atoms with van der Waals surface area (Å²) in [5, 5.41) is 0. The van der Waals surface area contributed by atoms with Crippen molar-refractivity contribution in [2.75, 3.05) is 19.8 Å². The Balaban J connectivity index is 3.48. The van der Waals surface area contributed by atoms with E-state index in [1.54, 1.807) is 6.08 Å². The molecule has 0 fully saturated rings. The lowest BCUT2D eigenvalue weighted by atomic mass is 10.3. The molecule has 0 heterocycles. The van der Waals surface area contributed by atoms with Crippen LogP contribution in [0.2, 0.25) is 0 Å². The van der Waals surface area contributed by atoms with Gasteiger partial charge in [-0.1, -0.05) is 20.3 Å². The Morgan fingerprint density at radius 2 is 2.18 bits per heavy atom. The SMILES string of the molecule is CCCCN(CC)CN=C=O. The summed E-state index contributed by atoms with van der Waals surface area (Å²) in [7, 11) is 0. The van der Waals surface area contributed by atoms with Crippen LogP contribution in [0.4, 0.5) is 0 Å². The lowest BCUT2D eigenvalue weighted by Crippen LogP contribution is -2.24.